The number of nitrogens with one attached hydrogen (secondary N) is 3. The highest BCUT2D eigenvalue weighted by Crippen LogP contribution is 2.28. The molecule has 0 atom stereocenters. The fourth-order valence-electron chi connectivity index (χ4n) is 2.91. The van der Waals surface area contributed by atoms with Gasteiger partial charge in [0, 0.05) is 11.8 Å². The van der Waals surface area contributed by atoms with Gasteiger partial charge in [-0.3, -0.25) is 14.4 Å². The number of benzene rings is 2. The van der Waals surface area contributed by atoms with Crippen molar-refractivity contribution in [2.24, 2.45) is 5.10 Å². The maximum absolute atomic E-state index is 12.3. The SMILES string of the molecule is CCOc1cc(/C=N\NC(=O)C(=O)NCc2ccco2)ccc1OCC(=O)Nc1cccc(OC)c1. The second kappa shape index (κ2) is 13.2. The van der Waals surface area contributed by atoms with E-state index >= 15 is 0 Å². The summed E-state index contributed by atoms with van der Waals surface area (Å²) >= 11 is 0. The van der Waals surface area contributed by atoms with Crippen molar-refractivity contribution in [1.82, 2.24) is 10.7 Å². The Kier molecular flexibility index (Phi) is 9.45. The normalized spacial score (nSPS) is 10.5. The molecule has 1 heterocycles. The number of ether oxygens (including phenoxy) is 3. The molecular weight excluding hydrogens is 468 g/mol. The van der Waals surface area contributed by atoms with Crippen molar-refractivity contribution in [2.75, 3.05) is 25.6 Å². The molecule has 0 saturated carbocycles. The van der Waals surface area contributed by atoms with Gasteiger partial charge in [-0.2, -0.15) is 5.10 Å². The zero-order chi connectivity index (χ0) is 25.8. The summed E-state index contributed by atoms with van der Waals surface area (Å²) in [6.45, 7) is 2.01. The average molecular weight is 495 g/mol. The number of hydrogen-bond donors (Lipinski definition) is 3. The first kappa shape index (κ1) is 25.8. The van der Waals surface area contributed by atoms with E-state index in [1.54, 1.807) is 61.7 Å². The third kappa shape index (κ3) is 7.90. The molecule has 0 spiro atoms. The summed E-state index contributed by atoms with van der Waals surface area (Å²) in [6, 6.07) is 15.2. The molecule has 0 aliphatic carbocycles. The largest absolute Gasteiger partial charge is 0.497 e. The molecule has 0 radical (unpaired) electrons. The van der Waals surface area contributed by atoms with Gasteiger partial charge in [0.2, 0.25) is 0 Å². The van der Waals surface area contributed by atoms with E-state index in [4.69, 9.17) is 18.6 Å². The molecule has 3 rings (SSSR count). The number of anilines is 1. The molecule has 0 aliphatic heterocycles. The monoisotopic (exact) mass is 494 g/mol. The Morgan fingerprint density at radius 3 is 2.61 bits per heavy atom. The second-order valence-electron chi connectivity index (χ2n) is 7.17. The molecule has 36 heavy (non-hydrogen) atoms. The van der Waals surface area contributed by atoms with Gasteiger partial charge in [-0.15, -0.1) is 0 Å². The molecular formula is C25H26N4O7. The highest BCUT2D eigenvalue weighted by molar-refractivity contribution is 6.35. The van der Waals surface area contributed by atoms with Crippen LogP contribution in [0.5, 0.6) is 17.2 Å². The lowest BCUT2D eigenvalue weighted by Crippen LogP contribution is -2.37. The van der Waals surface area contributed by atoms with Crippen LogP contribution in [0.1, 0.15) is 18.2 Å². The number of nitrogens with zero attached hydrogens (tertiary/aromatic N) is 1. The van der Waals surface area contributed by atoms with E-state index in [0.717, 1.165) is 0 Å². The minimum atomic E-state index is -0.926. The molecule has 1 aromatic heterocycles. The molecule has 11 heteroatoms. The predicted octanol–water partition coefficient (Wildman–Crippen LogP) is 2.47. The molecule has 3 amide bonds. The van der Waals surface area contributed by atoms with Gasteiger partial charge in [0.1, 0.15) is 11.5 Å². The van der Waals surface area contributed by atoms with E-state index in [2.05, 4.69) is 21.2 Å². The zero-order valence-corrected chi connectivity index (χ0v) is 19.8. The van der Waals surface area contributed by atoms with E-state index in [9.17, 15) is 14.4 Å². The Bertz CT molecular complexity index is 1210. The first-order valence-electron chi connectivity index (χ1n) is 11.0. The first-order valence-corrected chi connectivity index (χ1v) is 11.0. The second-order valence-corrected chi connectivity index (χ2v) is 7.17. The summed E-state index contributed by atoms with van der Waals surface area (Å²) in [4.78, 5) is 36.0. The molecule has 0 fully saturated rings. The fourth-order valence-corrected chi connectivity index (χ4v) is 2.91. The Hall–Kier alpha value is -4.80. The molecule has 0 unspecified atom stereocenters. The van der Waals surface area contributed by atoms with Crippen LogP contribution in [0, 0.1) is 0 Å². The van der Waals surface area contributed by atoms with E-state index in [0.29, 0.717) is 40.9 Å². The molecule has 0 aliphatic rings. The summed E-state index contributed by atoms with van der Waals surface area (Å²) in [5, 5.41) is 8.94. The van der Waals surface area contributed by atoms with Gasteiger partial charge >= 0.3 is 11.8 Å². The summed E-state index contributed by atoms with van der Waals surface area (Å²) in [5.41, 5.74) is 3.30. The molecule has 0 saturated heterocycles. The maximum atomic E-state index is 12.3. The van der Waals surface area contributed by atoms with Crippen molar-refractivity contribution in [3.63, 3.8) is 0 Å². The van der Waals surface area contributed by atoms with E-state index in [1.807, 2.05) is 6.92 Å². The van der Waals surface area contributed by atoms with Crippen LogP contribution in [0.4, 0.5) is 5.69 Å². The Morgan fingerprint density at radius 1 is 1.00 bits per heavy atom. The van der Waals surface area contributed by atoms with Crippen LogP contribution in [0.25, 0.3) is 0 Å². The van der Waals surface area contributed by atoms with Crippen molar-refractivity contribution in [1.29, 1.82) is 0 Å². The van der Waals surface area contributed by atoms with Gasteiger partial charge < -0.3 is 29.3 Å². The third-order valence-electron chi connectivity index (χ3n) is 4.57. The molecule has 0 bridgehead atoms. The quantitative estimate of drug-likeness (QED) is 0.211. The number of carbonyl (C=O) groups excluding carboxylic acids is 3. The molecule has 188 valence electrons. The topological polar surface area (TPSA) is 140 Å². The first-order chi connectivity index (χ1) is 17.5. The molecule has 2 aromatic carbocycles. The van der Waals surface area contributed by atoms with Gasteiger partial charge in [-0.05, 0) is 55.0 Å². The zero-order valence-electron chi connectivity index (χ0n) is 19.8. The maximum Gasteiger partial charge on any atom is 0.329 e. The number of amides is 3. The van der Waals surface area contributed by atoms with Crippen molar-refractivity contribution in [3.05, 3.63) is 72.2 Å². The van der Waals surface area contributed by atoms with Crippen LogP contribution in [-0.2, 0) is 20.9 Å². The lowest BCUT2D eigenvalue weighted by molar-refractivity contribution is -0.139. The van der Waals surface area contributed by atoms with Crippen LogP contribution >= 0.6 is 0 Å². The van der Waals surface area contributed by atoms with Crippen LogP contribution in [0.2, 0.25) is 0 Å². The summed E-state index contributed by atoms with van der Waals surface area (Å²) in [6.07, 6.45) is 2.81. The van der Waals surface area contributed by atoms with Crippen LogP contribution < -0.4 is 30.3 Å². The van der Waals surface area contributed by atoms with Gasteiger partial charge in [-0.1, -0.05) is 6.07 Å². The summed E-state index contributed by atoms with van der Waals surface area (Å²) in [5.74, 6) is -0.253. The highest BCUT2D eigenvalue weighted by Gasteiger charge is 2.13. The number of furan rings is 1. The smallest absolute Gasteiger partial charge is 0.329 e. The number of carbonyl (C=O) groups is 3. The Labute approximate surface area is 207 Å². The van der Waals surface area contributed by atoms with E-state index in [-0.39, 0.29) is 19.1 Å². The van der Waals surface area contributed by atoms with Crippen LogP contribution in [-0.4, -0.2) is 44.3 Å². The molecule has 3 aromatic rings. The van der Waals surface area contributed by atoms with Crippen molar-refractivity contribution >= 4 is 29.6 Å². The van der Waals surface area contributed by atoms with E-state index < -0.39 is 11.8 Å². The summed E-state index contributed by atoms with van der Waals surface area (Å²) < 4.78 is 21.4. The van der Waals surface area contributed by atoms with Crippen molar-refractivity contribution in [2.45, 2.75) is 13.5 Å². The fraction of sp³-hybridized carbons (Fsp3) is 0.200. The molecule has 11 nitrogen and oxygen atoms in total. The number of hydrazone groups is 1. The minimum absolute atomic E-state index is 0.0830. The highest BCUT2D eigenvalue weighted by atomic mass is 16.5. The number of methoxy groups -OCH3 is 1. The standard InChI is InChI=1S/C25H26N4O7/c1-3-34-22-12-17(14-27-29-25(32)24(31)26-15-20-8-5-11-35-20)9-10-21(22)36-16-23(30)28-18-6-4-7-19(13-18)33-2/h4-14H,3,15-16H2,1-2H3,(H,26,31)(H,28,30)(H,29,32)/b27-14-. The van der Waals surface area contributed by atoms with Gasteiger partial charge in [-0.25, -0.2) is 5.43 Å². The lowest BCUT2D eigenvalue weighted by atomic mass is 10.2. The molecule has 3 N–H and O–H groups in total. The number of hydrogen-bond acceptors (Lipinski definition) is 8. The van der Waals surface area contributed by atoms with Crippen molar-refractivity contribution < 1.29 is 33.0 Å². The van der Waals surface area contributed by atoms with Crippen LogP contribution in [0.3, 0.4) is 0 Å². The van der Waals surface area contributed by atoms with Crippen molar-refractivity contribution in [3.8, 4) is 17.2 Å². The minimum Gasteiger partial charge on any atom is -0.497 e. The number of rotatable bonds is 11. The predicted molar refractivity (Wildman–Crippen MR) is 131 cm³/mol. The Morgan fingerprint density at radius 2 is 1.86 bits per heavy atom. The van der Waals surface area contributed by atoms with E-state index in [1.165, 1.54) is 12.5 Å². The van der Waals surface area contributed by atoms with Gasteiger partial charge in [0.15, 0.2) is 18.1 Å². The van der Waals surface area contributed by atoms with Crippen LogP contribution in [0.15, 0.2) is 70.4 Å². The van der Waals surface area contributed by atoms with Gasteiger partial charge in [0.05, 0.1) is 32.7 Å². The average Bonchev–Trinajstić information content (AvgIpc) is 3.41. The Balaban J connectivity index is 1.52. The third-order valence-corrected chi connectivity index (χ3v) is 4.57. The lowest BCUT2D eigenvalue weighted by Gasteiger charge is -2.13. The summed E-state index contributed by atoms with van der Waals surface area (Å²) in [7, 11) is 1.54. The van der Waals surface area contributed by atoms with Gasteiger partial charge in [0.25, 0.3) is 5.91 Å².